The number of rotatable bonds is 13. The minimum atomic E-state index is -2.05. The Bertz CT molecular complexity index is 1290. The normalized spacial score (nSPS) is 20.0. The van der Waals surface area contributed by atoms with E-state index in [1.54, 1.807) is 65.8 Å². The fraction of sp³-hybridized carbons (Fsp3) is 0.656. The van der Waals surface area contributed by atoms with Crippen molar-refractivity contribution in [3.05, 3.63) is 29.8 Å². The Balaban J connectivity index is 1.69. The first-order valence-electron chi connectivity index (χ1n) is 15.6. The molecule has 1 aromatic rings. The van der Waals surface area contributed by atoms with Gasteiger partial charge in [-0.3, -0.25) is 15.2 Å². The van der Waals surface area contributed by atoms with Crippen LogP contribution in [0.15, 0.2) is 24.3 Å². The third-order valence-electron chi connectivity index (χ3n) is 7.51. The van der Waals surface area contributed by atoms with Crippen LogP contribution < -0.4 is 21.5 Å². The highest BCUT2D eigenvalue weighted by atomic mass is 16.6. The highest BCUT2D eigenvalue weighted by Crippen LogP contribution is 2.25. The number of carbonyl (C=O) groups is 4. The number of piperazine rings is 1. The number of nitrogens with two attached hydrogens (primary N) is 2. The molecule has 2 fully saturated rings. The summed E-state index contributed by atoms with van der Waals surface area (Å²) < 4.78 is 27.3. The van der Waals surface area contributed by atoms with Crippen LogP contribution >= 0.6 is 0 Å². The van der Waals surface area contributed by atoms with Crippen LogP contribution in [0.4, 0.5) is 4.79 Å². The molecular weight excluding hydrogens is 612 g/mol. The average molecular weight is 663 g/mol. The molecule has 0 spiro atoms. The number of hydrogen-bond acceptors (Lipinski definition) is 13. The number of ether oxygens (including phenoxy) is 5. The van der Waals surface area contributed by atoms with E-state index >= 15 is 0 Å². The molecule has 0 aliphatic carbocycles. The monoisotopic (exact) mass is 662 g/mol. The summed E-state index contributed by atoms with van der Waals surface area (Å²) in [7, 11) is 1.14. The summed E-state index contributed by atoms with van der Waals surface area (Å²) in [5.74, 6) is -2.10. The van der Waals surface area contributed by atoms with E-state index in [9.17, 15) is 19.2 Å². The van der Waals surface area contributed by atoms with Crippen molar-refractivity contribution in [2.75, 3.05) is 46.4 Å². The van der Waals surface area contributed by atoms with Gasteiger partial charge in [-0.2, -0.15) is 0 Å². The van der Waals surface area contributed by atoms with Gasteiger partial charge in [0.05, 0.1) is 19.7 Å². The molecule has 3 rings (SSSR count). The largest absolute Gasteiger partial charge is 0.490 e. The van der Waals surface area contributed by atoms with E-state index < -0.39 is 58.9 Å². The van der Waals surface area contributed by atoms with Crippen molar-refractivity contribution in [3.63, 3.8) is 0 Å². The summed E-state index contributed by atoms with van der Waals surface area (Å²) in [6.07, 6.45) is -1.50. The Morgan fingerprint density at radius 2 is 1.60 bits per heavy atom. The first-order chi connectivity index (χ1) is 21.8. The molecule has 2 aliphatic rings. The molecule has 15 heteroatoms. The number of benzene rings is 1. The molecule has 1 aromatic carbocycles. The van der Waals surface area contributed by atoms with E-state index in [2.05, 4.69) is 5.32 Å². The van der Waals surface area contributed by atoms with Gasteiger partial charge < -0.3 is 40.5 Å². The highest BCUT2D eigenvalue weighted by molar-refractivity contribution is 6.05. The van der Waals surface area contributed by atoms with Crippen molar-refractivity contribution >= 4 is 29.8 Å². The Hall–Kier alpha value is -3.95. The van der Waals surface area contributed by atoms with Gasteiger partial charge in [-0.1, -0.05) is 12.1 Å². The average Bonchev–Trinajstić information content (AvgIpc) is 3.34. The zero-order valence-corrected chi connectivity index (χ0v) is 28.4. The lowest BCUT2D eigenvalue weighted by Crippen LogP contribution is -2.59. The van der Waals surface area contributed by atoms with Crippen LogP contribution in [0.25, 0.3) is 0 Å². The van der Waals surface area contributed by atoms with Crippen LogP contribution in [0, 0.1) is 5.41 Å². The highest BCUT2D eigenvalue weighted by Gasteiger charge is 2.47. The van der Waals surface area contributed by atoms with Gasteiger partial charge in [0.2, 0.25) is 5.54 Å². The number of amides is 1. The summed E-state index contributed by atoms with van der Waals surface area (Å²) in [6.45, 7) is 13.0. The zero-order chi connectivity index (χ0) is 35.2. The van der Waals surface area contributed by atoms with Crippen LogP contribution in [0.1, 0.15) is 53.5 Å². The molecule has 1 amide bonds. The number of nitrogens with zero attached hydrogens (tertiary/aromatic N) is 2. The lowest BCUT2D eigenvalue weighted by atomic mass is 9.91. The van der Waals surface area contributed by atoms with Gasteiger partial charge in [0.1, 0.15) is 35.4 Å². The molecule has 2 heterocycles. The third-order valence-corrected chi connectivity index (χ3v) is 7.51. The fourth-order valence-corrected chi connectivity index (χ4v) is 5.27. The minimum absolute atomic E-state index is 0.0164. The lowest BCUT2D eigenvalue weighted by molar-refractivity contribution is -0.170. The van der Waals surface area contributed by atoms with E-state index in [1.165, 1.54) is 4.90 Å². The second-order valence-corrected chi connectivity index (χ2v) is 13.8. The topological polar surface area (TPSA) is 209 Å². The molecule has 0 bridgehead atoms. The maximum atomic E-state index is 13.4. The summed E-state index contributed by atoms with van der Waals surface area (Å²) >= 11 is 0. The maximum Gasteiger partial charge on any atom is 0.411 e. The summed E-state index contributed by atoms with van der Waals surface area (Å²) in [5.41, 5.74) is 9.04. The summed E-state index contributed by atoms with van der Waals surface area (Å²) in [4.78, 5) is 55.1. The Labute approximate surface area is 276 Å². The predicted molar refractivity (Wildman–Crippen MR) is 172 cm³/mol. The number of methoxy groups -OCH3 is 1. The number of esters is 3. The van der Waals surface area contributed by atoms with Gasteiger partial charge in [-0.25, -0.2) is 19.2 Å². The van der Waals surface area contributed by atoms with Gasteiger partial charge >= 0.3 is 24.0 Å². The first kappa shape index (κ1) is 37.5. The third kappa shape index (κ3) is 10.5. The van der Waals surface area contributed by atoms with E-state index in [0.717, 1.165) is 20.2 Å². The molecule has 0 aromatic heterocycles. The van der Waals surface area contributed by atoms with Crippen LogP contribution in [0.2, 0.25) is 0 Å². The van der Waals surface area contributed by atoms with Crippen LogP contribution in [0.3, 0.4) is 0 Å². The Kier molecular flexibility index (Phi) is 12.2. The van der Waals surface area contributed by atoms with E-state index in [4.69, 9.17) is 40.6 Å². The summed E-state index contributed by atoms with van der Waals surface area (Å²) in [6, 6.07) is 4.95. The molecule has 4 atom stereocenters. The molecule has 47 heavy (non-hydrogen) atoms. The standard InChI is InChI=1S/C32H50N6O9/c1-30(2,3)46-26(39)24(16-23(25(33)34)37-14-12-36-13-15-37)38-18-22(45-29(38)42)19-44-21-10-8-20(9-11-21)17-32(35,27(40)43-7)28(41)47-31(4,5)6/h8-11,22-24,36H,12-19,35H2,1-7H3,(H3,33,34). The van der Waals surface area contributed by atoms with Crippen LogP contribution in [-0.2, 0) is 39.8 Å². The zero-order valence-electron chi connectivity index (χ0n) is 28.4. The molecule has 0 saturated carbocycles. The van der Waals surface area contributed by atoms with Gasteiger partial charge in [0, 0.05) is 39.0 Å². The van der Waals surface area contributed by atoms with Crippen LogP contribution in [-0.4, -0.2) is 121 Å². The van der Waals surface area contributed by atoms with E-state index in [-0.39, 0.29) is 31.8 Å². The molecule has 2 aliphatic heterocycles. The number of hydrogen-bond donors (Lipinski definition) is 4. The molecular formula is C32H50N6O9. The minimum Gasteiger partial charge on any atom is -0.490 e. The van der Waals surface area contributed by atoms with Gasteiger partial charge in [-0.05, 0) is 59.2 Å². The predicted octanol–water partition coefficient (Wildman–Crippen LogP) is 0.951. The second-order valence-electron chi connectivity index (χ2n) is 13.8. The quantitative estimate of drug-likeness (QED) is 0.0764. The second kappa shape index (κ2) is 15.3. The Morgan fingerprint density at radius 3 is 2.13 bits per heavy atom. The summed E-state index contributed by atoms with van der Waals surface area (Å²) in [5, 5.41) is 11.5. The first-order valence-corrected chi connectivity index (χ1v) is 15.6. The molecule has 6 N–H and O–H groups in total. The van der Waals surface area contributed by atoms with Crippen molar-refractivity contribution in [1.82, 2.24) is 15.1 Å². The molecule has 0 radical (unpaired) electrons. The van der Waals surface area contributed by atoms with E-state index in [1.807, 2.05) is 4.90 Å². The molecule has 262 valence electrons. The van der Waals surface area contributed by atoms with Crippen molar-refractivity contribution in [2.24, 2.45) is 11.5 Å². The van der Waals surface area contributed by atoms with Crippen molar-refractivity contribution < 1.29 is 42.9 Å². The van der Waals surface area contributed by atoms with Crippen molar-refractivity contribution in [3.8, 4) is 5.75 Å². The lowest BCUT2D eigenvalue weighted by Gasteiger charge is -2.37. The van der Waals surface area contributed by atoms with Gasteiger partial charge in [0.15, 0.2) is 6.10 Å². The number of cyclic esters (lactones) is 1. The smallest absolute Gasteiger partial charge is 0.411 e. The number of nitrogens with one attached hydrogen (secondary N) is 2. The molecule has 2 saturated heterocycles. The van der Waals surface area contributed by atoms with Crippen molar-refractivity contribution in [1.29, 1.82) is 5.41 Å². The molecule has 4 unspecified atom stereocenters. The molecule has 15 nitrogen and oxygen atoms in total. The van der Waals surface area contributed by atoms with E-state index in [0.29, 0.717) is 24.4 Å². The van der Waals surface area contributed by atoms with Crippen LogP contribution in [0.5, 0.6) is 5.75 Å². The van der Waals surface area contributed by atoms with Crippen molar-refractivity contribution in [2.45, 2.75) is 89.3 Å². The number of carbonyl (C=O) groups excluding carboxylic acids is 4. The maximum absolute atomic E-state index is 13.4. The Morgan fingerprint density at radius 1 is 1.00 bits per heavy atom. The van der Waals surface area contributed by atoms with Gasteiger partial charge in [-0.15, -0.1) is 0 Å². The number of amidine groups is 1. The SMILES string of the molecule is COC(=O)C(N)(Cc1ccc(OCC2CN(C(CC(C(=N)N)N3CCNCC3)C(=O)OC(C)(C)C)C(=O)O2)cc1)C(=O)OC(C)(C)C. The fourth-order valence-electron chi connectivity index (χ4n) is 5.27. The van der Waals surface area contributed by atoms with Gasteiger partial charge in [0.25, 0.3) is 0 Å².